The number of rotatable bonds is 13. The summed E-state index contributed by atoms with van der Waals surface area (Å²) in [6, 6.07) is 20.6. The van der Waals surface area contributed by atoms with Gasteiger partial charge in [-0.2, -0.15) is 0 Å². The van der Waals surface area contributed by atoms with Crippen molar-refractivity contribution in [3.05, 3.63) is 72.3 Å². The van der Waals surface area contributed by atoms with Gasteiger partial charge in [0.1, 0.15) is 24.7 Å². The Bertz CT molecular complexity index is 2520. The molecule has 1 aliphatic heterocycles. The molecule has 16 nitrogen and oxygen atoms in total. The summed E-state index contributed by atoms with van der Waals surface area (Å²) in [5.41, 5.74) is 5.35. The van der Waals surface area contributed by atoms with Crippen molar-refractivity contribution in [3.8, 4) is 24.0 Å². The molecule has 16 heteroatoms. The summed E-state index contributed by atoms with van der Waals surface area (Å²) in [5, 5.41) is 8.87. The molecule has 1 saturated heterocycles. The van der Waals surface area contributed by atoms with E-state index in [0.29, 0.717) is 31.4 Å². The van der Waals surface area contributed by atoms with Crippen molar-refractivity contribution in [1.82, 2.24) is 40.4 Å². The quantitative estimate of drug-likeness (QED) is 0.0826. The molecule has 4 amide bonds. The number of nitrogens with one attached hydrogen (secondary N) is 4. The first kappa shape index (κ1) is 50.0. The number of ether oxygens (including phenoxy) is 4. The molecular weight excluding hydrogens is 817 g/mol. The van der Waals surface area contributed by atoms with Gasteiger partial charge < -0.3 is 49.3 Å². The van der Waals surface area contributed by atoms with Gasteiger partial charge in [-0.05, 0) is 59.5 Å². The van der Waals surface area contributed by atoms with Crippen LogP contribution in [0.1, 0.15) is 72.5 Å². The van der Waals surface area contributed by atoms with Crippen LogP contribution in [0.5, 0.6) is 0 Å². The van der Waals surface area contributed by atoms with E-state index in [0.717, 1.165) is 61.2 Å². The van der Waals surface area contributed by atoms with Crippen LogP contribution in [-0.2, 0) is 41.6 Å². The molecule has 1 aliphatic rings. The second-order valence-electron chi connectivity index (χ2n) is 15.2. The van der Waals surface area contributed by atoms with Crippen LogP contribution in [0.4, 0.5) is 9.59 Å². The van der Waals surface area contributed by atoms with Crippen molar-refractivity contribution in [1.29, 1.82) is 0 Å². The standard InChI is InChI=1S/C40H44N8O8.2C3H8.C2H2/c1-5-14-47(34(49)19-41-38(51)53-3)21-32-43-30-12-8-26-17-24(6-10-28(26)36(30)45-32)25-7-11-29-27(18-25)9-13-31-37(29)46-33(44-31)22-48(23-40(2)55-15-16-56-40)35(50)20-42-39(52)54-4;2*1-3-2;1-2/h6-13,17-18H,5,14-16,19-23H2,1-4H3,(H,41,51)(H,42,52)(H,43,45)(H,44,46);2*3H2,1-2H3;1-2H. The third kappa shape index (κ3) is 12.9. The largest absolute Gasteiger partial charge is 0.453 e. The summed E-state index contributed by atoms with van der Waals surface area (Å²) in [6.07, 6.45) is 9.90. The zero-order chi connectivity index (χ0) is 46.8. The van der Waals surface area contributed by atoms with E-state index in [-0.39, 0.29) is 44.5 Å². The Kier molecular flexibility index (Phi) is 18.9. The number of aromatic nitrogens is 4. The smallest absolute Gasteiger partial charge is 0.407 e. The zero-order valence-corrected chi connectivity index (χ0v) is 38.3. The molecule has 0 saturated carbocycles. The highest BCUT2D eigenvalue weighted by atomic mass is 16.7. The van der Waals surface area contributed by atoms with Crippen LogP contribution in [0, 0.1) is 12.8 Å². The van der Waals surface area contributed by atoms with Gasteiger partial charge in [-0.1, -0.05) is 83.9 Å². The van der Waals surface area contributed by atoms with Gasteiger partial charge >= 0.3 is 12.2 Å². The molecular formula is C48H62N8O8. The molecule has 342 valence electrons. The maximum absolute atomic E-state index is 13.2. The average molecular weight is 879 g/mol. The predicted molar refractivity (Wildman–Crippen MR) is 250 cm³/mol. The third-order valence-corrected chi connectivity index (χ3v) is 9.76. The van der Waals surface area contributed by atoms with E-state index in [1.165, 1.54) is 27.1 Å². The molecule has 64 heavy (non-hydrogen) atoms. The molecule has 0 radical (unpaired) electrons. The first-order valence-electron chi connectivity index (χ1n) is 21.5. The van der Waals surface area contributed by atoms with Crippen molar-refractivity contribution in [2.75, 3.05) is 53.6 Å². The van der Waals surface area contributed by atoms with Crippen LogP contribution in [-0.4, -0.2) is 113 Å². The molecule has 7 rings (SSSR count). The summed E-state index contributed by atoms with van der Waals surface area (Å²) < 4.78 is 20.8. The van der Waals surface area contributed by atoms with Crippen molar-refractivity contribution >= 4 is 67.6 Å². The van der Waals surface area contributed by atoms with E-state index >= 15 is 0 Å². The molecule has 0 aliphatic carbocycles. The van der Waals surface area contributed by atoms with Crippen molar-refractivity contribution in [2.45, 2.75) is 79.7 Å². The number of terminal acetylenes is 1. The Labute approximate surface area is 374 Å². The minimum Gasteiger partial charge on any atom is -0.453 e. The maximum atomic E-state index is 13.2. The lowest BCUT2D eigenvalue weighted by atomic mass is 9.98. The highest BCUT2D eigenvalue weighted by Crippen LogP contribution is 2.33. The number of hydrogen-bond donors (Lipinski definition) is 4. The van der Waals surface area contributed by atoms with E-state index < -0.39 is 18.0 Å². The first-order valence-corrected chi connectivity index (χ1v) is 21.5. The third-order valence-electron chi connectivity index (χ3n) is 9.76. The highest BCUT2D eigenvalue weighted by Gasteiger charge is 2.35. The number of H-pyrrole nitrogens is 2. The number of alkyl carbamates (subject to hydrolysis) is 2. The van der Waals surface area contributed by atoms with Gasteiger partial charge in [0.15, 0.2) is 5.79 Å². The topological polar surface area (TPSA) is 193 Å². The van der Waals surface area contributed by atoms with E-state index in [1.807, 2.05) is 25.1 Å². The number of aromatic amines is 2. The molecule has 2 aromatic heterocycles. The molecule has 0 atom stereocenters. The van der Waals surface area contributed by atoms with Crippen molar-refractivity contribution in [2.24, 2.45) is 0 Å². The van der Waals surface area contributed by atoms with Crippen LogP contribution in [0.2, 0.25) is 0 Å². The number of amides is 4. The molecule has 4 N–H and O–H groups in total. The summed E-state index contributed by atoms with van der Waals surface area (Å²) in [4.78, 5) is 69.0. The summed E-state index contributed by atoms with van der Waals surface area (Å²) in [5.74, 6) is -0.314. The van der Waals surface area contributed by atoms with Crippen LogP contribution >= 0.6 is 0 Å². The Morgan fingerprint density at radius 3 is 1.53 bits per heavy atom. The number of methoxy groups -OCH3 is 2. The zero-order valence-electron chi connectivity index (χ0n) is 38.3. The first-order chi connectivity index (χ1) is 30.9. The van der Waals surface area contributed by atoms with Gasteiger partial charge in [-0.25, -0.2) is 19.6 Å². The maximum Gasteiger partial charge on any atom is 0.407 e. The van der Waals surface area contributed by atoms with Gasteiger partial charge in [0.25, 0.3) is 0 Å². The van der Waals surface area contributed by atoms with Crippen LogP contribution in [0.3, 0.4) is 0 Å². The number of hydrogen-bond acceptors (Lipinski definition) is 10. The lowest BCUT2D eigenvalue weighted by Crippen LogP contribution is -2.47. The fraction of sp³-hybridized carbons (Fsp3) is 0.417. The summed E-state index contributed by atoms with van der Waals surface area (Å²) in [6.45, 7) is 13.8. The molecule has 0 spiro atoms. The molecule has 0 unspecified atom stereocenters. The van der Waals surface area contributed by atoms with Gasteiger partial charge in [0.2, 0.25) is 11.8 Å². The second-order valence-corrected chi connectivity index (χ2v) is 15.2. The van der Waals surface area contributed by atoms with Crippen molar-refractivity contribution in [3.63, 3.8) is 0 Å². The summed E-state index contributed by atoms with van der Waals surface area (Å²) >= 11 is 0. The Balaban J connectivity index is 0.00000105. The van der Waals surface area contributed by atoms with Crippen molar-refractivity contribution < 1.29 is 38.1 Å². The fourth-order valence-electron chi connectivity index (χ4n) is 7.03. The predicted octanol–water partition coefficient (Wildman–Crippen LogP) is 8.04. The number of carbonyl (C=O) groups is 4. The Hall–Kier alpha value is -6.70. The SMILES string of the molecule is C#C.CCC.CCC.CCCN(Cc1nc2c(ccc3cc(-c4ccc5c(ccc6[nH]c(CN(CC7(C)OCCO7)C(=O)CNC(=O)OC)nc65)c4)ccc32)[nH]1)C(=O)CNC(=O)OC. The Morgan fingerprint density at radius 2 is 1.11 bits per heavy atom. The lowest BCUT2D eigenvalue weighted by Gasteiger charge is -2.30. The monoisotopic (exact) mass is 878 g/mol. The van der Waals surface area contributed by atoms with Gasteiger partial charge in [0, 0.05) is 17.3 Å². The number of nitrogens with zero attached hydrogens (tertiary/aromatic N) is 4. The highest BCUT2D eigenvalue weighted by molar-refractivity contribution is 6.07. The number of fused-ring (bicyclic) bond motifs is 6. The lowest BCUT2D eigenvalue weighted by molar-refractivity contribution is -0.167. The fourth-order valence-corrected chi connectivity index (χ4v) is 7.03. The Morgan fingerprint density at radius 1 is 0.688 bits per heavy atom. The van der Waals surface area contributed by atoms with E-state index in [4.69, 9.17) is 19.4 Å². The summed E-state index contributed by atoms with van der Waals surface area (Å²) in [7, 11) is 2.50. The van der Waals surface area contributed by atoms with E-state index in [9.17, 15) is 19.2 Å². The van der Waals surface area contributed by atoms with Gasteiger partial charge in [-0.15, -0.1) is 12.8 Å². The minimum atomic E-state index is -0.976. The van der Waals surface area contributed by atoms with Crippen LogP contribution < -0.4 is 10.6 Å². The normalized spacial score (nSPS) is 12.5. The molecule has 1 fully saturated rings. The molecule has 3 heterocycles. The number of imidazole rings is 2. The van der Waals surface area contributed by atoms with Crippen LogP contribution in [0.25, 0.3) is 54.7 Å². The number of benzene rings is 4. The van der Waals surface area contributed by atoms with Gasteiger partial charge in [0.05, 0.1) is 69.1 Å². The molecule has 0 bridgehead atoms. The molecule has 6 aromatic rings. The van der Waals surface area contributed by atoms with E-state index in [1.54, 1.807) is 16.7 Å². The van der Waals surface area contributed by atoms with E-state index in [2.05, 4.69) is 113 Å². The minimum absolute atomic E-state index is 0.143. The molecule has 4 aromatic carbocycles. The average Bonchev–Trinajstić information content (AvgIpc) is 4.05. The van der Waals surface area contributed by atoms with Gasteiger partial charge in [-0.3, -0.25) is 9.59 Å². The number of carbonyl (C=O) groups excluding carboxylic acids is 4. The second kappa shape index (κ2) is 24.2. The van der Waals surface area contributed by atoms with Crippen LogP contribution in [0.15, 0.2) is 60.7 Å².